The van der Waals surface area contributed by atoms with E-state index in [2.05, 4.69) is 0 Å². The number of ketones is 2. The van der Waals surface area contributed by atoms with Gasteiger partial charge in [0.05, 0.1) is 23.7 Å². The van der Waals surface area contributed by atoms with Crippen LogP contribution in [0, 0.1) is 34.5 Å². The van der Waals surface area contributed by atoms with Crippen molar-refractivity contribution in [3.05, 3.63) is 29.3 Å². The molecule has 10 nitrogen and oxygen atoms in total. The molecule has 0 bridgehead atoms. The lowest BCUT2D eigenvalue weighted by molar-refractivity contribution is -0.310. The van der Waals surface area contributed by atoms with E-state index in [-0.39, 0.29) is 5.56 Å². The number of fused-ring (bicyclic) bond motifs is 3. The normalized spacial score (nSPS) is 40.4. The molecule has 8 N–H and O–H groups in total. The molecular weight excluding hydrogens is 575 g/mol. The third kappa shape index (κ3) is 3.82. The Labute approximate surface area is 236 Å². The van der Waals surface area contributed by atoms with E-state index in [9.17, 15) is 61.9 Å². The van der Waals surface area contributed by atoms with E-state index in [1.54, 1.807) is 0 Å². The summed E-state index contributed by atoms with van der Waals surface area (Å²) in [7, 11) is 0. The highest BCUT2D eigenvalue weighted by atomic mass is 19.4. The molecule has 1 aromatic rings. The molecule has 1 aromatic carbocycles. The lowest BCUT2D eigenvalue weighted by Crippen LogP contribution is -2.84. The van der Waals surface area contributed by atoms with Gasteiger partial charge in [0.15, 0.2) is 17.2 Å². The van der Waals surface area contributed by atoms with Crippen molar-refractivity contribution < 1.29 is 61.9 Å². The molecule has 2 saturated carbocycles. The van der Waals surface area contributed by atoms with Crippen LogP contribution in [0.15, 0.2) is 18.2 Å². The van der Waals surface area contributed by atoms with Gasteiger partial charge >= 0.3 is 12.2 Å². The predicted octanol–water partition coefficient (Wildman–Crippen LogP) is 0.829. The fourth-order valence-corrected chi connectivity index (χ4v) is 8.21. The number of hydrogen-bond donors (Lipinski definition) is 7. The molecule has 4 unspecified atom stereocenters. The van der Waals surface area contributed by atoms with Gasteiger partial charge in [-0.15, -0.1) is 0 Å². The first-order valence-electron chi connectivity index (χ1n) is 13.2. The maximum atomic E-state index is 14.1. The number of carbonyl (C=O) groups excluding carboxylic acids is 3. The monoisotopic (exact) mass is 608 g/mol. The van der Waals surface area contributed by atoms with Crippen LogP contribution in [0.4, 0.5) is 22.0 Å². The number of phenols is 1. The maximum absolute atomic E-state index is 14.1. The summed E-state index contributed by atoms with van der Waals surface area (Å²) in [4.78, 5) is 39.9. The number of amides is 1. The van der Waals surface area contributed by atoms with E-state index in [1.807, 2.05) is 0 Å². The number of aliphatic hydroxyl groups is 4. The number of phenolic OH excluding ortho intramolecular Hbond substituents is 1. The molecule has 0 aliphatic heterocycles. The summed E-state index contributed by atoms with van der Waals surface area (Å²) in [5, 5.41) is 58.9. The number of Topliss-reactive ketones (excluding diaryl/α,β-unsaturated/α-hetero) is 2. The minimum Gasteiger partial charge on any atom is -0.507 e. The van der Waals surface area contributed by atoms with Crippen LogP contribution < -0.4 is 11.1 Å². The molecular formula is C27H33F5N2O8. The molecule has 0 radical (unpaired) electrons. The van der Waals surface area contributed by atoms with Crippen LogP contribution >= 0.6 is 0 Å². The van der Waals surface area contributed by atoms with Crippen LogP contribution in [0.3, 0.4) is 0 Å². The summed E-state index contributed by atoms with van der Waals surface area (Å²) >= 11 is 0. The molecule has 0 heterocycles. The average Bonchev–Trinajstić information content (AvgIpc) is 2.84. The molecule has 0 aromatic heterocycles. The standard InChI is InChI=1S/C27H33F5N2O8/c1-9(2)15-18(37)14(21(33)40)19(38)25(42)20(39)16-17(36)13-10(6-5-7-12(13)35)11(8-34-27(31,32)26(28,29)30)23(16,3)22(41)24(15,25)4/h5-7,9,11,14-16,18,20,22,34-35,37,39,41-42H,8H2,1-4H3,(H2,33,40)/t11-,14?,15+,16?,18?,20?,22-,23+,24+,25+/m1/s1. The fraction of sp³-hybridized carbons (Fsp3) is 0.667. The van der Waals surface area contributed by atoms with Gasteiger partial charge in [0.2, 0.25) is 5.91 Å². The Morgan fingerprint density at radius 2 is 1.67 bits per heavy atom. The first-order chi connectivity index (χ1) is 19.0. The molecule has 234 valence electrons. The summed E-state index contributed by atoms with van der Waals surface area (Å²) in [6.07, 6.45) is -12.6. The quantitative estimate of drug-likeness (QED) is 0.144. The summed E-state index contributed by atoms with van der Waals surface area (Å²) in [6, 6.07) is -2.03. The van der Waals surface area contributed by atoms with Crippen LogP contribution in [0.25, 0.3) is 0 Å². The molecule has 42 heavy (non-hydrogen) atoms. The lowest BCUT2D eigenvalue weighted by Gasteiger charge is -2.69. The highest BCUT2D eigenvalue weighted by Crippen LogP contribution is 2.68. The molecule has 0 spiro atoms. The van der Waals surface area contributed by atoms with Gasteiger partial charge in [0.1, 0.15) is 17.8 Å². The van der Waals surface area contributed by atoms with Crippen LogP contribution in [0.1, 0.15) is 49.5 Å². The van der Waals surface area contributed by atoms with Crippen molar-refractivity contribution in [3.63, 3.8) is 0 Å². The van der Waals surface area contributed by atoms with Gasteiger partial charge in [-0.25, -0.2) is 5.32 Å². The Hall–Kier alpha value is -2.72. The smallest absolute Gasteiger partial charge is 0.469 e. The molecule has 3 aliphatic rings. The minimum absolute atomic E-state index is 0.233. The summed E-state index contributed by atoms with van der Waals surface area (Å²) in [6.45, 7) is 4.00. The second-order valence-electron chi connectivity index (χ2n) is 12.4. The molecule has 15 heteroatoms. The molecule has 2 fully saturated rings. The van der Waals surface area contributed by atoms with Crippen molar-refractivity contribution in [1.82, 2.24) is 5.32 Å². The lowest BCUT2D eigenvalue weighted by atomic mass is 9.36. The zero-order valence-electron chi connectivity index (χ0n) is 23.0. The van der Waals surface area contributed by atoms with Gasteiger partial charge in [-0.3, -0.25) is 14.4 Å². The van der Waals surface area contributed by atoms with Crippen molar-refractivity contribution in [2.24, 2.45) is 40.2 Å². The third-order valence-corrected chi connectivity index (χ3v) is 10.1. The first kappa shape index (κ1) is 32.2. The largest absolute Gasteiger partial charge is 0.507 e. The van der Waals surface area contributed by atoms with Crippen LogP contribution in [-0.2, 0) is 9.59 Å². The van der Waals surface area contributed by atoms with E-state index in [0.29, 0.717) is 0 Å². The van der Waals surface area contributed by atoms with Gasteiger partial charge in [-0.05, 0) is 23.5 Å². The summed E-state index contributed by atoms with van der Waals surface area (Å²) in [5.74, 6) is -12.7. The molecule has 0 saturated heterocycles. The van der Waals surface area contributed by atoms with Gasteiger partial charge < -0.3 is 31.3 Å². The van der Waals surface area contributed by atoms with Crippen molar-refractivity contribution in [2.45, 2.75) is 69.7 Å². The van der Waals surface area contributed by atoms with E-state index < -0.39 is 112 Å². The number of nitrogens with one attached hydrogen (secondary N) is 1. The van der Waals surface area contributed by atoms with Gasteiger partial charge in [-0.2, -0.15) is 22.0 Å². The van der Waals surface area contributed by atoms with Crippen LogP contribution in [-0.4, -0.2) is 85.7 Å². The van der Waals surface area contributed by atoms with Gasteiger partial charge in [-0.1, -0.05) is 39.8 Å². The Kier molecular flexibility index (Phi) is 7.39. The Balaban J connectivity index is 2.03. The van der Waals surface area contributed by atoms with E-state index in [4.69, 9.17) is 5.73 Å². The SMILES string of the molecule is CC(C)[C@H]1C(O)C(C(N)=O)C(=O)[C@]2(O)C(O)C3C(=O)c4c(O)cccc4[C@@H](CNC(F)(F)C(F)(F)F)[C@]3(C)[C@@H](O)[C@]12C. The summed E-state index contributed by atoms with van der Waals surface area (Å²) < 4.78 is 67.5. The van der Waals surface area contributed by atoms with E-state index >= 15 is 0 Å². The van der Waals surface area contributed by atoms with Crippen molar-refractivity contribution in [1.29, 1.82) is 0 Å². The Morgan fingerprint density at radius 3 is 2.17 bits per heavy atom. The van der Waals surface area contributed by atoms with Crippen LogP contribution in [0.5, 0.6) is 5.75 Å². The topological polar surface area (TPSA) is 190 Å². The number of carbonyl (C=O) groups is 3. The fourth-order valence-electron chi connectivity index (χ4n) is 8.21. The predicted molar refractivity (Wildman–Crippen MR) is 133 cm³/mol. The number of benzene rings is 1. The molecule has 4 rings (SSSR count). The highest BCUT2D eigenvalue weighted by Gasteiger charge is 2.80. The number of primary amides is 1. The first-order valence-corrected chi connectivity index (χ1v) is 13.2. The van der Waals surface area contributed by atoms with Gasteiger partial charge in [0, 0.05) is 23.3 Å². The number of aliphatic hydroxyl groups excluding tert-OH is 3. The molecule has 10 atom stereocenters. The number of aromatic hydroxyl groups is 1. The highest BCUT2D eigenvalue weighted by molar-refractivity contribution is 6.09. The van der Waals surface area contributed by atoms with E-state index in [1.165, 1.54) is 26.0 Å². The minimum atomic E-state index is -6.04. The van der Waals surface area contributed by atoms with Gasteiger partial charge in [0.25, 0.3) is 0 Å². The average molecular weight is 609 g/mol. The second-order valence-corrected chi connectivity index (χ2v) is 12.4. The number of alkyl halides is 5. The maximum Gasteiger partial charge on any atom is 0.469 e. The van der Waals surface area contributed by atoms with Crippen molar-refractivity contribution in [2.75, 3.05) is 6.54 Å². The van der Waals surface area contributed by atoms with E-state index in [0.717, 1.165) is 25.2 Å². The zero-order valence-corrected chi connectivity index (χ0v) is 23.0. The number of nitrogens with two attached hydrogens (primary N) is 1. The zero-order chi connectivity index (χ0) is 32.1. The number of hydrogen-bond acceptors (Lipinski definition) is 9. The number of halogens is 5. The third-order valence-electron chi connectivity index (χ3n) is 10.1. The summed E-state index contributed by atoms with van der Waals surface area (Å²) in [5.41, 5.74) is -3.08. The van der Waals surface area contributed by atoms with Crippen LogP contribution in [0.2, 0.25) is 0 Å². The van der Waals surface area contributed by atoms with Crippen molar-refractivity contribution in [3.8, 4) is 5.75 Å². The molecule has 1 amide bonds. The second kappa shape index (κ2) is 9.64. The Bertz CT molecular complexity index is 1320. The molecule has 3 aliphatic carbocycles. The Morgan fingerprint density at radius 1 is 1.10 bits per heavy atom. The van der Waals surface area contributed by atoms with Crippen molar-refractivity contribution >= 4 is 17.5 Å². The number of rotatable bonds is 5.